The standard InChI is InChI=1S/C10H3Cl4F6NO/c11-3-1-4(12)6(5(13)2-3)21-7(22)8(14,9(15,16)17)10(18,19)20/h1-2H,(H,21,22). The summed E-state index contributed by atoms with van der Waals surface area (Å²) in [6, 6.07) is 1.92. The van der Waals surface area contributed by atoms with Gasteiger partial charge in [-0.15, -0.1) is 0 Å². The minimum absolute atomic E-state index is 0.0446. The van der Waals surface area contributed by atoms with Crippen molar-refractivity contribution in [3.05, 3.63) is 27.2 Å². The molecule has 0 fully saturated rings. The van der Waals surface area contributed by atoms with Crippen molar-refractivity contribution in [1.82, 2.24) is 0 Å². The lowest BCUT2D eigenvalue weighted by Crippen LogP contribution is -2.60. The Morgan fingerprint density at radius 2 is 1.27 bits per heavy atom. The maximum atomic E-state index is 12.6. The van der Waals surface area contributed by atoms with E-state index in [1.54, 1.807) is 0 Å². The number of rotatable bonds is 2. The van der Waals surface area contributed by atoms with Crippen LogP contribution in [-0.2, 0) is 4.79 Å². The molecule has 0 aliphatic rings. The monoisotopic (exact) mass is 407 g/mol. The van der Waals surface area contributed by atoms with E-state index in [0.29, 0.717) is 0 Å². The molecule has 2 nitrogen and oxygen atoms in total. The molecule has 0 heterocycles. The lowest BCUT2D eigenvalue weighted by Gasteiger charge is -2.30. The summed E-state index contributed by atoms with van der Waals surface area (Å²) in [5.41, 5.74) is -0.684. The quantitative estimate of drug-likeness (QED) is 0.494. The van der Waals surface area contributed by atoms with E-state index in [4.69, 9.17) is 34.8 Å². The Balaban J connectivity index is 3.31. The van der Waals surface area contributed by atoms with Crippen molar-refractivity contribution in [3.8, 4) is 0 Å². The van der Waals surface area contributed by atoms with Gasteiger partial charge in [0.25, 0.3) is 5.91 Å². The molecule has 0 unspecified atom stereocenters. The number of alkyl halides is 7. The van der Waals surface area contributed by atoms with Gasteiger partial charge in [-0.05, 0) is 12.1 Å². The summed E-state index contributed by atoms with van der Waals surface area (Å²) in [6.07, 6.45) is -12.2. The van der Waals surface area contributed by atoms with Crippen molar-refractivity contribution < 1.29 is 31.1 Å². The Kier molecular flexibility index (Phi) is 5.44. The zero-order valence-electron chi connectivity index (χ0n) is 9.84. The first-order chi connectivity index (χ1) is 9.71. The molecule has 0 aromatic heterocycles. The molecule has 0 aliphatic carbocycles. The number of amides is 1. The van der Waals surface area contributed by atoms with E-state index in [1.165, 1.54) is 5.32 Å². The van der Waals surface area contributed by atoms with Gasteiger partial charge in [0.2, 0.25) is 0 Å². The van der Waals surface area contributed by atoms with E-state index in [2.05, 4.69) is 11.6 Å². The molecule has 0 radical (unpaired) electrons. The summed E-state index contributed by atoms with van der Waals surface area (Å²) in [6.45, 7) is 0. The summed E-state index contributed by atoms with van der Waals surface area (Å²) in [5.74, 6) is -2.60. The van der Waals surface area contributed by atoms with Gasteiger partial charge < -0.3 is 5.32 Å². The third kappa shape index (κ3) is 3.50. The molecule has 1 amide bonds. The average Bonchev–Trinajstić information content (AvgIpc) is 2.29. The van der Waals surface area contributed by atoms with Crippen molar-refractivity contribution >= 4 is 58.0 Å². The number of anilines is 1. The lowest BCUT2D eigenvalue weighted by atomic mass is 10.1. The SMILES string of the molecule is O=C(Nc1c(Cl)cc(Cl)cc1Cl)C(Cl)(C(F)(F)F)C(F)(F)F. The summed E-state index contributed by atoms with van der Waals surface area (Å²) < 4.78 is 75.7. The lowest BCUT2D eigenvalue weighted by molar-refractivity contribution is -0.258. The Bertz CT molecular complexity index is 563. The summed E-state index contributed by atoms with van der Waals surface area (Å²) in [7, 11) is 0. The third-order valence-electron chi connectivity index (χ3n) is 2.34. The van der Waals surface area contributed by atoms with Crippen LogP contribution in [0.25, 0.3) is 0 Å². The van der Waals surface area contributed by atoms with Crippen LogP contribution >= 0.6 is 46.4 Å². The van der Waals surface area contributed by atoms with Crippen LogP contribution in [0.2, 0.25) is 15.1 Å². The van der Waals surface area contributed by atoms with Gasteiger partial charge >= 0.3 is 17.2 Å². The molecule has 0 spiro atoms. The maximum Gasteiger partial charge on any atom is 0.425 e. The van der Waals surface area contributed by atoms with Gasteiger partial charge in [-0.25, -0.2) is 0 Å². The van der Waals surface area contributed by atoms with Crippen LogP contribution in [0.3, 0.4) is 0 Å². The minimum Gasteiger partial charge on any atom is -0.321 e. The van der Waals surface area contributed by atoms with Crippen LogP contribution in [0.1, 0.15) is 0 Å². The first-order valence-electron chi connectivity index (χ1n) is 5.00. The highest BCUT2D eigenvalue weighted by atomic mass is 35.5. The fraction of sp³-hybridized carbons (Fsp3) is 0.300. The van der Waals surface area contributed by atoms with Crippen LogP contribution in [-0.4, -0.2) is 23.1 Å². The first kappa shape index (κ1) is 19.5. The largest absolute Gasteiger partial charge is 0.425 e. The average molecular weight is 409 g/mol. The summed E-state index contributed by atoms with van der Waals surface area (Å²) in [5, 5.41) is 0.354. The Morgan fingerprint density at radius 3 is 1.59 bits per heavy atom. The molecule has 1 N–H and O–H groups in total. The molecule has 0 aliphatic heterocycles. The minimum atomic E-state index is -6.11. The van der Waals surface area contributed by atoms with E-state index in [-0.39, 0.29) is 5.02 Å². The molecule has 22 heavy (non-hydrogen) atoms. The van der Waals surface area contributed by atoms with Gasteiger partial charge in [0.1, 0.15) is 0 Å². The van der Waals surface area contributed by atoms with Crippen LogP contribution in [0.5, 0.6) is 0 Å². The van der Waals surface area contributed by atoms with Crippen molar-refractivity contribution in [1.29, 1.82) is 0 Å². The van der Waals surface area contributed by atoms with Gasteiger partial charge in [0, 0.05) is 5.02 Å². The van der Waals surface area contributed by atoms with Crippen molar-refractivity contribution in [3.63, 3.8) is 0 Å². The maximum absolute atomic E-state index is 12.6. The second kappa shape index (κ2) is 6.14. The second-order valence-corrected chi connectivity index (χ2v) is 5.67. The molecule has 0 atom stereocenters. The van der Waals surface area contributed by atoms with Crippen molar-refractivity contribution in [2.45, 2.75) is 17.2 Å². The number of carbonyl (C=O) groups is 1. The topological polar surface area (TPSA) is 29.1 Å². The van der Waals surface area contributed by atoms with Gasteiger partial charge in [-0.3, -0.25) is 4.79 Å². The highest BCUT2D eigenvalue weighted by molar-refractivity contribution is 6.43. The zero-order chi connectivity index (χ0) is 17.5. The molecule has 1 rings (SSSR count). The van der Waals surface area contributed by atoms with Crippen LogP contribution in [0, 0.1) is 0 Å². The number of hydrogen-bond acceptors (Lipinski definition) is 1. The van der Waals surface area contributed by atoms with Crippen LogP contribution < -0.4 is 5.32 Å². The molecule has 0 bridgehead atoms. The van der Waals surface area contributed by atoms with Gasteiger partial charge in [-0.1, -0.05) is 46.4 Å². The van der Waals surface area contributed by atoms with Crippen LogP contribution in [0.4, 0.5) is 32.0 Å². The van der Waals surface area contributed by atoms with Crippen molar-refractivity contribution in [2.75, 3.05) is 5.32 Å². The Hall–Kier alpha value is -0.570. The molecular weight excluding hydrogens is 406 g/mol. The van der Waals surface area contributed by atoms with Crippen LogP contribution in [0.15, 0.2) is 12.1 Å². The fourth-order valence-corrected chi connectivity index (χ4v) is 2.24. The molecule has 12 heteroatoms. The van der Waals surface area contributed by atoms with E-state index in [1.807, 2.05) is 0 Å². The molecule has 124 valence electrons. The number of benzene rings is 1. The van der Waals surface area contributed by atoms with E-state index in [0.717, 1.165) is 12.1 Å². The smallest absolute Gasteiger partial charge is 0.321 e. The molecule has 0 saturated heterocycles. The number of hydrogen-bond donors (Lipinski definition) is 1. The molecular formula is C10H3Cl4F6NO. The predicted molar refractivity (Wildman–Crippen MR) is 70.8 cm³/mol. The van der Waals surface area contributed by atoms with E-state index < -0.39 is 38.9 Å². The molecule has 1 aromatic carbocycles. The van der Waals surface area contributed by atoms with E-state index >= 15 is 0 Å². The molecule has 1 aromatic rings. The van der Waals surface area contributed by atoms with E-state index in [9.17, 15) is 31.1 Å². The number of halogens is 10. The molecule has 0 saturated carbocycles. The summed E-state index contributed by atoms with van der Waals surface area (Å²) >= 11 is 21.2. The predicted octanol–water partition coefficient (Wildman–Crippen LogP) is 5.69. The highest BCUT2D eigenvalue weighted by Crippen LogP contribution is 2.49. The zero-order valence-corrected chi connectivity index (χ0v) is 12.9. The van der Waals surface area contributed by atoms with Gasteiger partial charge in [0.05, 0.1) is 15.7 Å². The van der Waals surface area contributed by atoms with Gasteiger partial charge in [-0.2, -0.15) is 26.3 Å². The summed E-state index contributed by atoms with van der Waals surface area (Å²) in [4.78, 5) is 6.32. The number of nitrogens with one attached hydrogen (secondary N) is 1. The normalized spacial score (nSPS) is 13.2. The number of carbonyl (C=O) groups excluding carboxylic acids is 1. The van der Waals surface area contributed by atoms with Crippen molar-refractivity contribution in [2.24, 2.45) is 0 Å². The Labute approximate surface area is 139 Å². The fourth-order valence-electron chi connectivity index (χ4n) is 1.28. The van der Waals surface area contributed by atoms with Gasteiger partial charge in [0.15, 0.2) is 0 Å². The first-order valence-corrected chi connectivity index (χ1v) is 6.51. The Morgan fingerprint density at radius 1 is 0.909 bits per heavy atom. The third-order valence-corrected chi connectivity index (χ3v) is 3.75. The highest BCUT2D eigenvalue weighted by Gasteiger charge is 2.75. The second-order valence-electron chi connectivity index (χ2n) is 3.85.